The van der Waals surface area contributed by atoms with Crippen molar-refractivity contribution in [3.05, 3.63) is 41.7 Å². The second kappa shape index (κ2) is 19.4. The molecule has 0 aliphatic rings. The fourth-order valence-electron chi connectivity index (χ4n) is 3.12. The fraction of sp³-hybridized carbons (Fsp3) is 0.583. The van der Waals surface area contributed by atoms with Gasteiger partial charge in [-0.05, 0) is 11.0 Å². The Labute approximate surface area is 222 Å². The molecule has 1 aromatic heterocycles. The normalized spacial score (nSPS) is 11.0. The average Bonchev–Trinajstić information content (AvgIpc) is 3.37. The molecule has 1 amide bonds. The maximum absolute atomic E-state index is 11.7. The SMILES string of the molecule is CNC(=O)CCC(=O)CNCc1cn(CCOCCOCCOCCOCc2ccc(B(O)O)cc2)nn1. The minimum Gasteiger partial charge on any atom is -0.423 e. The first-order valence-electron chi connectivity index (χ1n) is 12.6. The quantitative estimate of drug-likeness (QED) is 0.101. The summed E-state index contributed by atoms with van der Waals surface area (Å²) in [7, 11) is 0.0817. The van der Waals surface area contributed by atoms with Gasteiger partial charge >= 0.3 is 7.12 Å². The predicted octanol–water partition coefficient (Wildman–Crippen LogP) is -1.59. The lowest BCUT2D eigenvalue weighted by molar-refractivity contribution is -0.124. The van der Waals surface area contributed by atoms with Crippen LogP contribution >= 0.6 is 0 Å². The first-order valence-corrected chi connectivity index (χ1v) is 12.6. The second-order valence-corrected chi connectivity index (χ2v) is 8.29. The number of nitrogens with zero attached hydrogens (tertiary/aromatic N) is 3. The molecule has 2 aromatic rings. The summed E-state index contributed by atoms with van der Waals surface area (Å²) in [5, 5.41) is 31.7. The van der Waals surface area contributed by atoms with Gasteiger partial charge in [0.1, 0.15) is 5.78 Å². The number of ether oxygens (including phenoxy) is 4. The maximum Gasteiger partial charge on any atom is 0.488 e. The number of aromatic nitrogens is 3. The van der Waals surface area contributed by atoms with Crippen molar-refractivity contribution in [2.45, 2.75) is 32.5 Å². The summed E-state index contributed by atoms with van der Waals surface area (Å²) in [4.78, 5) is 22.9. The Hall–Kier alpha value is -2.72. The van der Waals surface area contributed by atoms with Crippen LogP contribution in [-0.4, -0.2) is 104 Å². The van der Waals surface area contributed by atoms with Crippen LogP contribution in [-0.2, 0) is 48.2 Å². The molecule has 38 heavy (non-hydrogen) atoms. The molecule has 0 fully saturated rings. The molecule has 0 aliphatic heterocycles. The van der Waals surface area contributed by atoms with Gasteiger partial charge in [0.15, 0.2) is 0 Å². The van der Waals surface area contributed by atoms with Crippen LogP contribution in [0.25, 0.3) is 0 Å². The molecule has 1 heterocycles. The second-order valence-electron chi connectivity index (χ2n) is 8.29. The molecule has 0 atom stereocenters. The molecule has 0 unspecified atom stereocenters. The zero-order valence-electron chi connectivity index (χ0n) is 21.8. The topological polar surface area (TPSA) is 166 Å². The molecular weight excluding hydrogens is 497 g/mol. The van der Waals surface area contributed by atoms with E-state index in [4.69, 9.17) is 29.0 Å². The Morgan fingerprint density at radius 3 is 2.18 bits per heavy atom. The van der Waals surface area contributed by atoms with Crippen LogP contribution in [0.4, 0.5) is 0 Å². The van der Waals surface area contributed by atoms with Gasteiger partial charge in [-0.3, -0.25) is 9.59 Å². The Bertz CT molecular complexity index is 929. The Morgan fingerprint density at radius 2 is 1.55 bits per heavy atom. The number of hydrogen-bond donors (Lipinski definition) is 4. The highest BCUT2D eigenvalue weighted by atomic mass is 16.6. The van der Waals surface area contributed by atoms with E-state index >= 15 is 0 Å². The van der Waals surface area contributed by atoms with E-state index in [1.807, 2.05) is 0 Å². The molecule has 14 heteroatoms. The van der Waals surface area contributed by atoms with Gasteiger partial charge in [-0.15, -0.1) is 5.10 Å². The van der Waals surface area contributed by atoms with Gasteiger partial charge in [0, 0.05) is 32.6 Å². The van der Waals surface area contributed by atoms with Crippen molar-refractivity contribution < 1.29 is 38.6 Å². The number of carbonyl (C=O) groups is 2. The predicted molar refractivity (Wildman–Crippen MR) is 138 cm³/mol. The van der Waals surface area contributed by atoms with Crippen molar-refractivity contribution in [2.75, 3.05) is 59.8 Å². The van der Waals surface area contributed by atoms with Crippen LogP contribution in [0.2, 0.25) is 0 Å². The van der Waals surface area contributed by atoms with Gasteiger partial charge in [-0.1, -0.05) is 29.5 Å². The largest absolute Gasteiger partial charge is 0.488 e. The number of benzene rings is 1. The highest BCUT2D eigenvalue weighted by Gasteiger charge is 2.09. The van der Waals surface area contributed by atoms with Crippen LogP contribution in [0.5, 0.6) is 0 Å². The molecule has 210 valence electrons. The lowest BCUT2D eigenvalue weighted by atomic mass is 9.80. The number of rotatable bonds is 22. The summed E-state index contributed by atoms with van der Waals surface area (Å²) in [5.41, 5.74) is 2.11. The monoisotopic (exact) mass is 535 g/mol. The third-order valence-electron chi connectivity index (χ3n) is 5.25. The smallest absolute Gasteiger partial charge is 0.423 e. The van der Waals surface area contributed by atoms with E-state index in [1.165, 1.54) is 0 Å². The molecule has 0 aliphatic carbocycles. The van der Waals surface area contributed by atoms with E-state index in [0.29, 0.717) is 71.4 Å². The van der Waals surface area contributed by atoms with Crippen molar-refractivity contribution in [1.82, 2.24) is 25.6 Å². The number of carbonyl (C=O) groups excluding carboxylic acids is 2. The minimum absolute atomic E-state index is 0.0293. The van der Waals surface area contributed by atoms with Crippen molar-refractivity contribution in [2.24, 2.45) is 0 Å². The van der Waals surface area contributed by atoms with Crippen molar-refractivity contribution in [3.8, 4) is 0 Å². The Morgan fingerprint density at radius 1 is 0.921 bits per heavy atom. The van der Waals surface area contributed by atoms with Gasteiger partial charge in [0.05, 0.1) is 71.6 Å². The van der Waals surface area contributed by atoms with E-state index in [1.54, 1.807) is 42.2 Å². The maximum atomic E-state index is 11.7. The van der Waals surface area contributed by atoms with Crippen LogP contribution in [0, 0.1) is 0 Å². The molecule has 0 saturated heterocycles. The molecule has 0 saturated carbocycles. The molecule has 1 aromatic carbocycles. The van der Waals surface area contributed by atoms with Gasteiger partial charge in [-0.25, -0.2) is 4.68 Å². The van der Waals surface area contributed by atoms with E-state index in [-0.39, 0.29) is 31.1 Å². The van der Waals surface area contributed by atoms with Crippen LogP contribution in [0.15, 0.2) is 30.5 Å². The van der Waals surface area contributed by atoms with Gasteiger partial charge in [0.2, 0.25) is 5.91 Å². The Balaban J connectivity index is 1.37. The lowest BCUT2D eigenvalue weighted by Crippen LogP contribution is -2.29. The summed E-state index contributed by atoms with van der Waals surface area (Å²) in [6.07, 6.45) is 2.20. The molecule has 0 radical (unpaired) electrons. The summed E-state index contributed by atoms with van der Waals surface area (Å²) in [5.74, 6) is -0.177. The minimum atomic E-state index is -1.46. The van der Waals surface area contributed by atoms with Crippen LogP contribution in [0.1, 0.15) is 24.1 Å². The van der Waals surface area contributed by atoms with Crippen molar-refractivity contribution in [1.29, 1.82) is 0 Å². The molecule has 2 rings (SSSR count). The highest BCUT2D eigenvalue weighted by molar-refractivity contribution is 6.58. The van der Waals surface area contributed by atoms with Gasteiger partial charge < -0.3 is 39.6 Å². The van der Waals surface area contributed by atoms with E-state index in [0.717, 1.165) is 11.3 Å². The molecular formula is C24H38BN5O8. The molecule has 0 spiro atoms. The number of amides is 1. The third-order valence-corrected chi connectivity index (χ3v) is 5.25. The van der Waals surface area contributed by atoms with Crippen molar-refractivity contribution >= 4 is 24.3 Å². The van der Waals surface area contributed by atoms with E-state index in [2.05, 4.69) is 20.9 Å². The number of hydrogen-bond acceptors (Lipinski definition) is 11. The zero-order valence-corrected chi connectivity index (χ0v) is 21.8. The number of nitrogens with one attached hydrogen (secondary N) is 2. The van der Waals surface area contributed by atoms with Crippen molar-refractivity contribution in [3.63, 3.8) is 0 Å². The summed E-state index contributed by atoms with van der Waals surface area (Å²) in [6.45, 7) is 4.78. The number of ketones is 1. The standard InChI is InChI=1S/C24H38BN5O8/c1-26-24(32)7-6-23(31)17-27-16-22-18-30(29-28-22)8-9-35-10-11-36-12-13-37-14-15-38-19-20-2-4-21(5-3-20)25(33)34/h2-5,18,27,33-34H,6-17,19H2,1H3,(H,26,32). The zero-order chi connectivity index (χ0) is 27.4. The summed E-state index contributed by atoms with van der Waals surface area (Å²) < 4.78 is 23.7. The summed E-state index contributed by atoms with van der Waals surface area (Å²) >= 11 is 0. The first kappa shape index (κ1) is 31.5. The van der Waals surface area contributed by atoms with Crippen LogP contribution in [0.3, 0.4) is 0 Å². The van der Waals surface area contributed by atoms with E-state index in [9.17, 15) is 9.59 Å². The summed E-state index contributed by atoms with van der Waals surface area (Å²) in [6, 6.07) is 6.88. The van der Waals surface area contributed by atoms with Crippen LogP contribution < -0.4 is 16.1 Å². The van der Waals surface area contributed by atoms with Gasteiger partial charge in [0.25, 0.3) is 0 Å². The first-order chi connectivity index (χ1) is 18.5. The molecule has 4 N–H and O–H groups in total. The fourth-order valence-corrected chi connectivity index (χ4v) is 3.12. The molecule has 13 nitrogen and oxygen atoms in total. The number of Topliss-reactive ketones (excluding diaryl/α,β-unsaturated/α-hetero) is 1. The highest BCUT2D eigenvalue weighted by Crippen LogP contribution is 2.00. The molecule has 0 bridgehead atoms. The average molecular weight is 535 g/mol. The third kappa shape index (κ3) is 14.3. The van der Waals surface area contributed by atoms with Gasteiger partial charge in [-0.2, -0.15) is 0 Å². The lowest BCUT2D eigenvalue weighted by Gasteiger charge is -2.08. The Kier molecular flexibility index (Phi) is 16.1. The van der Waals surface area contributed by atoms with E-state index < -0.39 is 7.12 Å².